The Kier molecular flexibility index (Phi) is 5.05. The standard InChI is InChI=1S/C20H20ClN5O2/c21-18-15(10-22)23-11-16(25-18)24-17(14-6-7-14)20(8-9-20)26-19(27)28-12-13-4-2-1-3-5-13/h1-5,11,14,17H,6-9,12H2,(H,24,25)(H,26,27)/t17-/m1/s1. The van der Waals surface area contributed by atoms with Crippen molar-refractivity contribution in [3.63, 3.8) is 0 Å². The maximum absolute atomic E-state index is 12.4. The van der Waals surface area contributed by atoms with Gasteiger partial charge in [-0.3, -0.25) is 0 Å². The number of nitrogens with one attached hydrogen (secondary N) is 2. The average molecular weight is 398 g/mol. The summed E-state index contributed by atoms with van der Waals surface area (Å²) in [6.45, 7) is 0.237. The van der Waals surface area contributed by atoms with Crippen LogP contribution in [0.5, 0.6) is 0 Å². The molecule has 8 heteroatoms. The highest BCUT2D eigenvalue weighted by molar-refractivity contribution is 6.30. The molecule has 0 aliphatic heterocycles. The number of nitriles is 1. The largest absolute Gasteiger partial charge is 0.445 e. The van der Waals surface area contributed by atoms with E-state index in [1.54, 1.807) is 0 Å². The van der Waals surface area contributed by atoms with E-state index in [0.29, 0.717) is 11.7 Å². The van der Waals surface area contributed by atoms with Crippen LogP contribution in [0.3, 0.4) is 0 Å². The SMILES string of the molecule is N#Cc1ncc(N[C@H](C2CC2)C2(NC(=O)OCc3ccccc3)CC2)nc1Cl. The van der Waals surface area contributed by atoms with Crippen LogP contribution in [0.2, 0.25) is 5.15 Å². The Morgan fingerprint density at radius 1 is 1.36 bits per heavy atom. The van der Waals surface area contributed by atoms with Crippen LogP contribution < -0.4 is 10.6 Å². The molecule has 1 heterocycles. The van der Waals surface area contributed by atoms with Crippen LogP contribution >= 0.6 is 11.6 Å². The second kappa shape index (κ2) is 7.64. The smallest absolute Gasteiger partial charge is 0.407 e. The minimum absolute atomic E-state index is 0.0232. The number of alkyl carbamates (subject to hydrolysis) is 1. The van der Waals surface area contributed by atoms with Gasteiger partial charge in [-0.1, -0.05) is 41.9 Å². The van der Waals surface area contributed by atoms with Gasteiger partial charge in [0.1, 0.15) is 18.5 Å². The first-order valence-electron chi connectivity index (χ1n) is 9.28. The summed E-state index contributed by atoms with van der Waals surface area (Å²) < 4.78 is 5.39. The number of aromatic nitrogens is 2. The Labute approximate surface area is 168 Å². The van der Waals surface area contributed by atoms with E-state index in [4.69, 9.17) is 21.6 Å². The fourth-order valence-corrected chi connectivity index (χ4v) is 3.60. The van der Waals surface area contributed by atoms with E-state index in [9.17, 15) is 4.79 Å². The van der Waals surface area contributed by atoms with Gasteiger partial charge in [0, 0.05) is 0 Å². The van der Waals surface area contributed by atoms with Crippen LogP contribution in [0.1, 0.15) is 36.9 Å². The lowest BCUT2D eigenvalue weighted by molar-refractivity contribution is 0.132. The minimum Gasteiger partial charge on any atom is -0.445 e. The molecule has 2 aliphatic rings. The lowest BCUT2D eigenvalue weighted by Gasteiger charge is -2.29. The predicted molar refractivity (Wildman–Crippen MR) is 104 cm³/mol. The number of benzene rings is 1. The number of rotatable bonds is 7. The van der Waals surface area contributed by atoms with E-state index in [2.05, 4.69) is 20.6 Å². The predicted octanol–water partition coefficient (Wildman–Crippen LogP) is 3.65. The maximum atomic E-state index is 12.4. The molecule has 0 radical (unpaired) electrons. The maximum Gasteiger partial charge on any atom is 0.407 e. The van der Waals surface area contributed by atoms with Crippen LogP contribution in [0, 0.1) is 17.2 Å². The van der Waals surface area contributed by atoms with Gasteiger partial charge in [-0.2, -0.15) is 5.26 Å². The second-order valence-corrected chi connectivity index (χ2v) is 7.67. The molecule has 1 amide bonds. The molecule has 0 spiro atoms. The molecule has 2 fully saturated rings. The van der Waals surface area contributed by atoms with Gasteiger partial charge >= 0.3 is 6.09 Å². The zero-order valence-corrected chi connectivity index (χ0v) is 15.9. The molecule has 144 valence electrons. The summed E-state index contributed by atoms with van der Waals surface area (Å²) in [5.74, 6) is 0.958. The average Bonchev–Trinajstić information content (AvgIpc) is 3.62. The number of halogens is 1. The van der Waals surface area contributed by atoms with E-state index in [1.807, 2.05) is 36.4 Å². The van der Waals surface area contributed by atoms with Crippen molar-refractivity contribution in [2.45, 2.75) is 43.9 Å². The zero-order chi connectivity index (χ0) is 19.6. The number of anilines is 1. The van der Waals surface area contributed by atoms with Gasteiger partial charge in [0.2, 0.25) is 0 Å². The van der Waals surface area contributed by atoms with E-state index in [0.717, 1.165) is 31.2 Å². The molecule has 4 rings (SSSR count). The monoisotopic (exact) mass is 397 g/mol. The van der Waals surface area contributed by atoms with Gasteiger partial charge in [-0.15, -0.1) is 0 Å². The number of nitrogens with zero attached hydrogens (tertiary/aromatic N) is 3. The van der Waals surface area contributed by atoms with Crippen molar-refractivity contribution in [2.75, 3.05) is 5.32 Å². The van der Waals surface area contributed by atoms with Crippen LogP contribution in [0.4, 0.5) is 10.6 Å². The topological polar surface area (TPSA) is 99.9 Å². The highest BCUT2D eigenvalue weighted by atomic mass is 35.5. The molecular weight excluding hydrogens is 378 g/mol. The Hall–Kier alpha value is -2.85. The molecule has 1 aromatic carbocycles. The fourth-order valence-electron chi connectivity index (χ4n) is 3.42. The molecule has 0 saturated heterocycles. The molecule has 2 aromatic rings. The molecule has 0 unspecified atom stereocenters. The Bertz CT molecular complexity index is 907. The summed E-state index contributed by atoms with van der Waals surface area (Å²) in [6.07, 6.45) is 5.02. The van der Waals surface area contributed by atoms with Crippen molar-refractivity contribution in [1.29, 1.82) is 5.26 Å². The first-order valence-corrected chi connectivity index (χ1v) is 9.65. The number of hydrogen-bond acceptors (Lipinski definition) is 6. The first-order chi connectivity index (χ1) is 13.6. The third-order valence-corrected chi connectivity index (χ3v) is 5.44. The minimum atomic E-state index is -0.419. The van der Waals surface area contributed by atoms with Gasteiger partial charge in [-0.05, 0) is 37.2 Å². The summed E-state index contributed by atoms with van der Waals surface area (Å²) in [5.41, 5.74) is 0.692. The van der Waals surface area contributed by atoms with Crippen molar-refractivity contribution < 1.29 is 9.53 Å². The lowest BCUT2D eigenvalue weighted by atomic mass is 10.0. The molecule has 1 aromatic heterocycles. The highest BCUT2D eigenvalue weighted by Gasteiger charge is 2.56. The lowest BCUT2D eigenvalue weighted by Crippen LogP contribution is -2.50. The Balaban J connectivity index is 1.40. The van der Waals surface area contributed by atoms with E-state index >= 15 is 0 Å². The van der Waals surface area contributed by atoms with Crippen molar-refractivity contribution >= 4 is 23.5 Å². The zero-order valence-electron chi connectivity index (χ0n) is 15.2. The molecule has 2 saturated carbocycles. The number of ether oxygens (including phenoxy) is 1. The summed E-state index contributed by atoms with van der Waals surface area (Å²) >= 11 is 6.00. The van der Waals surface area contributed by atoms with Crippen molar-refractivity contribution in [3.8, 4) is 6.07 Å². The summed E-state index contributed by atoms with van der Waals surface area (Å²) in [7, 11) is 0. The second-order valence-electron chi connectivity index (χ2n) is 7.31. The Morgan fingerprint density at radius 2 is 2.11 bits per heavy atom. The number of amides is 1. The quantitative estimate of drug-likeness (QED) is 0.739. The van der Waals surface area contributed by atoms with Gasteiger partial charge < -0.3 is 15.4 Å². The van der Waals surface area contributed by atoms with Crippen molar-refractivity contribution in [2.24, 2.45) is 5.92 Å². The van der Waals surface area contributed by atoms with Crippen LogP contribution in [0.15, 0.2) is 36.5 Å². The third-order valence-electron chi connectivity index (χ3n) is 5.18. The van der Waals surface area contributed by atoms with Gasteiger partial charge in [0.25, 0.3) is 0 Å². The third kappa shape index (κ3) is 4.18. The molecule has 2 aliphatic carbocycles. The number of hydrogen-bond donors (Lipinski definition) is 2. The van der Waals surface area contributed by atoms with Crippen LogP contribution in [-0.2, 0) is 11.3 Å². The normalized spacial score (nSPS) is 17.9. The van der Waals surface area contributed by atoms with E-state index in [1.165, 1.54) is 6.20 Å². The van der Waals surface area contributed by atoms with Gasteiger partial charge in [0.05, 0.1) is 17.8 Å². The Morgan fingerprint density at radius 3 is 2.71 bits per heavy atom. The molecule has 2 N–H and O–H groups in total. The number of carbonyl (C=O) groups excluding carboxylic acids is 1. The van der Waals surface area contributed by atoms with Crippen LogP contribution in [-0.4, -0.2) is 27.6 Å². The summed E-state index contributed by atoms with van der Waals surface area (Å²) in [5, 5.41) is 15.4. The van der Waals surface area contributed by atoms with Crippen molar-refractivity contribution in [1.82, 2.24) is 15.3 Å². The van der Waals surface area contributed by atoms with Crippen molar-refractivity contribution in [3.05, 3.63) is 52.9 Å². The van der Waals surface area contributed by atoms with Crippen LogP contribution in [0.25, 0.3) is 0 Å². The molecular formula is C20H20ClN5O2. The molecule has 0 bridgehead atoms. The summed E-state index contributed by atoms with van der Waals surface area (Å²) in [6, 6.07) is 11.5. The van der Waals surface area contributed by atoms with Gasteiger partial charge in [0.15, 0.2) is 10.8 Å². The number of carbonyl (C=O) groups is 1. The fraction of sp³-hybridized carbons (Fsp3) is 0.400. The molecule has 1 atom stereocenters. The van der Waals surface area contributed by atoms with Gasteiger partial charge in [-0.25, -0.2) is 14.8 Å². The highest BCUT2D eigenvalue weighted by Crippen LogP contribution is 2.49. The molecule has 7 nitrogen and oxygen atoms in total. The molecule has 28 heavy (non-hydrogen) atoms. The summed E-state index contributed by atoms with van der Waals surface area (Å²) in [4.78, 5) is 20.6. The van der Waals surface area contributed by atoms with E-state index < -0.39 is 6.09 Å². The van der Waals surface area contributed by atoms with E-state index in [-0.39, 0.29) is 29.0 Å². The first kappa shape index (κ1) is 18.5.